The van der Waals surface area contributed by atoms with Gasteiger partial charge in [0, 0.05) is 6.54 Å². The second-order valence-electron chi connectivity index (χ2n) is 4.44. The van der Waals surface area contributed by atoms with Crippen molar-refractivity contribution in [1.29, 1.82) is 0 Å². The summed E-state index contributed by atoms with van der Waals surface area (Å²) in [5.41, 5.74) is -1.05. The van der Waals surface area contributed by atoms with Crippen LogP contribution < -0.4 is 5.32 Å². The largest absolute Gasteiger partial charge is 0.480 e. The van der Waals surface area contributed by atoms with Crippen LogP contribution in [-0.4, -0.2) is 47.1 Å². The van der Waals surface area contributed by atoms with Crippen LogP contribution in [0, 0.1) is 0 Å². The first kappa shape index (κ1) is 14.9. The summed E-state index contributed by atoms with van der Waals surface area (Å²) in [4.78, 5) is 24.3. The Labute approximate surface area is 96.8 Å². The lowest BCUT2D eigenvalue weighted by Crippen LogP contribution is -2.56. The van der Waals surface area contributed by atoms with Crippen molar-refractivity contribution in [2.75, 3.05) is 13.6 Å². The van der Waals surface area contributed by atoms with E-state index in [0.717, 1.165) is 6.42 Å². The molecule has 0 aliphatic heterocycles. The van der Waals surface area contributed by atoms with Crippen molar-refractivity contribution in [3.05, 3.63) is 0 Å². The molecule has 0 aromatic heterocycles. The molecule has 5 heteroatoms. The standard InChI is InChI=1S/C11H22N2O3/c1-6-7-12-9(14)8(2)13(5)11(3,4)10(15)16/h8H,6-7H2,1-5H3,(H,12,14)(H,15,16). The van der Waals surface area contributed by atoms with E-state index in [-0.39, 0.29) is 5.91 Å². The second-order valence-corrected chi connectivity index (χ2v) is 4.44. The molecule has 0 saturated heterocycles. The lowest BCUT2D eigenvalue weighted by molar-refractivity contribution is -0.151. The molecule has 94 valence electrons. The number of carboxylic acids is 1. The first-order valence-electron chi connectivity index (χ1n) is 5.49. The number of carbonyl (C=O) groups excluding carboxylic acids is 1. The topological polar surface area (TPSA) is 69.6 Å². The minimum absolute atomic E-state index is 0.140. The molecule has 2 N–H and O–H groups in total. The van der Waals surface area contributed by atoms with Gasteiger partial charge in [0.05, 0.1) is 6.04 Å². The number of rotatable bonds is 6. The Balaban J connectivity index is 4.54. The van der Waals surface area contributed by atoms with Crippen LogP contribution in [0.3, 0.4) is 0 Å². The Bertz CT molecular complexity index is 264. The second kappa shape index (κ2) is 5.84. The summed E-state index contributed by atoms with van der Waals surface area (Å²) >= 11 is 0. The minimum Gasteiger partial charge on any atom is -0.480 e. The van der Waals surface area contributed by atoms with Crippen LogP contribution in [0.2, 0.25) is 0 Å². The van der Waals surface area contributed by atoms with Crippen LogP contribution in [-0.2, 0) is 9.59 Å². The number of aliphatic carboxylic acids is 1. The van der Waals surface area contributed by atoms with Crippen molar-refractivity contribution in [3.63, 3.8) is 0 Å². The number of likely N-dealkylation sites (N-methyl/N-ethyl adjacent to an activating group) is 1. The van der Waals surface area contributed by atoms with E-state index in [2.05, 4.69) is 5.32 Å². The number of nitrogens with one attached hydrogen (secondary N) is 1. The van der Waals surface area contributed by atoms with E-state index in [0.29, 0.717) is 6.54 Å². The van der Waals surface area contributed by atoms with E-state index in [9.17, 15) is 9.59 Å². The van der Waals surface area contributed by atoms with Gasteiger partial charge in [0.2, 0.25) is 5.91 Å². The fourth-order valence-corrected chi connectivity index (χ4v) is 1.21. The summed E-state index contributed by atoms with van der Waals surface area (Å²) in [6, 6.07) is -0.461. The van der Waals surface area contributed by atoms with Crippen LogP contribution in [0.4, 0.5) is 0 Å². The first-order chi connectivity index (χ1) is 7.25. The Morgan fingerprint density at radius 1 is 1.44 bits per heavy atom. The Morgan fingerprint density at radius 2 is 1.94 bits per heavy atom. The van der Waals surface area contributed by atoms with Crippen LogP contribution in [0.25, 0.3) is 0 Å². The highest BCUT2D eigenvalue weighted by Crippen LogP contribution is 2.15. The molecule has 0 aromatic rings. The molecule has 5 nitrogen and oxygen atoms in total. The minimum atomic E-state index is -1.05. The highest BCUT2D eigenvalue weighted by atomic mass is 16.4. The third-order valence-corrected chi connectivity index (χ3v) is 2.91. The third-order valence-electron chi connectivity index (χ3n) is 2.91. The fraction of sp³-hybridized carbons (Fsp3) is 0.818. The summed E-state index contributed by atoms with van der Waals surface area (Å²) in [6.07, 6.45) is 0.866. The van der Waals surface area contributed by atoms with Crippen molar-refractivity contribution in [2.24, 2.45) is 0 Å². The highest BCUT2D eigenvalue weighted by molar-refractivity contribution is 5.83. The average Bonchev–Trinajstić information content (AvgIpc) is 2.23. The average molecular weight is 230 g/mol. The normalized spacial score (nSPS) is 13.6. The molecule has 1 amide bonds. The van der Waals surface area contributed by atoms with E-state index >= 15 is 0 Å². The zero-order valence-corrected chi connectivity index (χ0v) is 10.7. The maximum absolute atomic E-state index is 11.7. The van der Waals surface area contributed by atoms with Crippen molar-refractivity contribution in [2.45, 2.75) is 45.7 Å². The maximum Gasteiger partial charge on any atom is 0.323 e. The van der Waals surface area contributed by atoms with Crippen LogP contribution in [0.1, 0.15) is 34.1 Å². The summed E-state index contributed by atoms with van der Waals surface area (Å²) in [5, 5.41) is 11.8. The molecule has 0 bridgehead atoms. The van der Waals surface area contributed by atoms with E-state index in [1.165, 1.54) is 0 Å². The van der Waals surface area contributed by atoms with E-state index in [4.69, 9.17) is 5.11 Å². The molecule has 0 rings (SSSR count). The quantitative estimate of drug-likeness (QED) is 0.704. The Kier molecular flexibility index (Phi) is 5.44. The van der Waals surface area contributed by atoms with E-state index in [1.54, 1.807) is 32.7 Å². The summed E-state index contributed by atoms with van der Waals surface area (Å²) in [5.74, 6) is -1.08. The van der Waals surface area contributed by atoms with Gasteiger partial charge < -0.3 is 10.4 Å². The molecule has 0 aromatic carbocycles. The SMILES string of the molecule is CCCNC(=O)C(C)N(C)C(C)(C)C(=O)O. The molecule has 16 heavy (non-hydrogen) atoms. The molecule has 1 atom stereocenters. The smallest absolute Gasteiger partial charge is 0.323 e. The summed E-state index contributed by atoms with van der Waals surface area (Å²) in [7, 11) is 1.64. The van der Waals surface area contributed by atoms with Gasteiger partial charge in [-0.1, -0.05) is 6.92 Å². The molecule has 0 fully saturated rings. The molecule has 0 spiro atoms. The molecule has 0 aliphatic carbocycles. The van der Waals surface area contributed by atoms with Crippen molar-refractivity contribution in [1.82, 2.24) is 10.2 Å². The molecule has 0 saturated carbocycles. The number of nitrogens with zero attached hydrogens (tertiary/aromatic N) is 1. The molecule has 0 aliphatic rings. The number of amides is 1. The predicted octanol–water partition coefficient (Wildman–Crippen LogP) is 0.696. The molecular weight excluding hydrogens is 208 g/mol. The van der Waals surface area contributed by atoms with Gasteiger partial charge in [-0.15, -0.1) is 0 Å². The van der Waals surface area contributed by atoms with Gasteiger partial charge in [0.15, 0.2) is 0 Å². The molecule has 1 unspecified atom stereocenters. The summed E-state index contributed by atoms with van der Waals surface area (Å²) in [6.45, 7) is 7.45. The van der Waals surface area contributed by atoms with Crippen molar-refractivity contribution >= 4 is 11.9 Å². The van der Waals surface area contributed by atoms with E-state index in [1.807, 2.05) is 6.92 Å². The maximum atomic E-state index is 11.7. The van der Waals surface area contributed by atoms with Gasteiger partial charge in [-0.3, -0.25) is 14.5 Å². The van der Waals surface area contributed by atoms with Crippen molar-refractivity contribution in [3.8, 4) is 0 Å². The van der Waals surface area contributed by atoms with Crippen molar-refractivity contribution < 1.29 is 14.7 Å². The van der Waals surface area contributed by atoms with Crippen LogP contribution in [0.15, 0.2) is 0 Å². The number of carbonyl (C=O) groups is 2. The molecule has 0 heterocycles. The van der Waals surface area contributed by atoms with Gasteiger partial charge in [-0.05, 0) is 34.2 Å². The number of hydrogen-bond donors (Lipinski definition) is 2. The zero-order valence-electron chi connectivity index (χ0n) is 10.7. The number of hydrogen-bond acceptors (Lipinski definition) is 3. The summed E-state index contributed by atoms with van der Waals surface area (Å²) < 4.78 is 0. The lowest BCUT2D eigenvalue weighted by atomic mass is 10.0. The first-order valence-corrected chi connectivity index (χ1v) is 5.49. The van der Waals surface area contributed by atoms with Crippen LogP contribution in [0.5, 0.6) is 0 Å². The predicted molar refractivity (Wildman–Crippen MR) is 62.2 cm³/mol. The van der Waals surface area contributed by atoms with Crippen LogP contribution >= 0.6 is 0 Å². The molecular formula is C11H22N2O3. The van der Waals surface area contributed by atoms with Gasteiger partial charge >= 0.3 is 5.97 Å². The van der Waals surface area contributed by atoms with Gasteiger partial charge in [0.25, 0.3) is 0 Å². The zero-order chi connectivity index (χ0) is 12.9. The molecule has 0 radical (unpaired) electrons. The third kappa shape index (κ3) is 3.48. The van der Waals surface area contributed by atoms with Gasteiger partial charge in [-0.25, -0.2) is 0 Å². The van der Waals surface area contributed by atoms with Gasteiger partial charge in [0.1, 0.15) is 5.54 Å². The fourth-order valence-electron chi connectivity index (χ4n) is 1.21. The van der Waals surface area contributed by atoms with E-state index < -0.39 is 17.6 Å². The number of carboxylic acid groups (broad SMARTS) is 1. The Morgan fingerprint density at radius 3 is 2.31 bits per heavy atom. The lowest BCUT2D eigenvalue weighted by Gasteiger charge is -2.35. The monoisotopic (exact) mass is 230 g/mol. The van der Waals surface area contributed by atoms with Gasteiger partial charge in [-0.2, -0.15) is 0 Å². The Hall–Kier alpha value is -1.10. The highest BCUT2D eigenvalue weighted by Gasteiger charge is 2.36.